The van der Waals surface area contributed by atoms with Crippen LogP contribution in [0.4, 0.5) is 44.2 Å². The van der Waals surface area contributed by atoms with Crippen LogP contribution >= 0.6 is 0 Å². The molecule has 0 unspecified atom stereocenters. The number of fused-ring (bicyclic) bond motifs is 1. The Balaban J connectivity index is 1.06. The zero-order valence-electron chi connectivity index (χ0n) is 34.2. The first kappa shape index (κ1) is 39.7. The lowest BCUT2D eigenvalue weighted by molar-refractivity contribution is -0.903. The highest BCUT2D eigenvalue weighted by Gasteiger charge is 2.49. The van der Waals surface area contributed by atoms with E-state index in [-0.39, 0.29) is 22.2 Å². The van der Waals surface area contributed by atoms with E-state index >= 15 is 0 Å². The molecule has 3 fully saturated rings. The summed E-state index contributed by atoms with van der Waals surface area (Å²) < 4.78 is 7.38. The SMILES string of the molecule is Cc1c(Nc2ccc(N3CC[N+](C(=O)O)(C(C)(C)C)CC3)cn2)c(=O)n(C2CCCC2)c2nc(Nc3ccc(N4CCN(C(=O)OC(C)(C)C)CC4)cn3)ncc12. The van der Waals surface area contributed by atoms with Crippen molar-refractivity contribution in [3.63, 3.8) is 0 Å². The van der Waals surface area contributed by atoms with Gasteiger partial charge in [-0.05, 0) is 91.1 Å². The Labute approximate surface area is 333 Å². The highest BCUT2D eigenvalue weighted by atomic mass is 16.6. The highest BCUT2D eigenvalue weighted by molar-refractivity contribution is 5.85. The van der Waals surface area contributed by atoms with Crippen LogP contribution in [0.1, 0.15) is 78.8 Å². The van der Waals surface area contributed by atoms with E-state index in [0.717, 1.165) is 48.0 Å². The lowest BCUT2D eigenvalue weighted by Gasteiger charge is -2.48. The molecule has 2 amide bonds. The molecule has 0 bridgehead atoms. The number of carboxylic acid groups (broad SMARTS) is 1. The van der Waals surface area contributed by atoms with E-state index in [4.69, 9.17) is 9.72 Å². The number of amides is 2. The van der Waals surface area contributed by atoms with Gasteiger partial charge in [0.1, 0.15) is 47.2 Å². The number of quaternary nitrogens is 1. The number of carbonyl (C=O) groups is 2. The van der Waals surface area contributed by atoms with Crippen molar-refractivity contribution in [2.45, 2.75) is 91.3 Å². The number of nitrogens with one attached hydrogen (secondary N) is 2. The summed E-state index contributed by atoms with van der Waals surface area (Å²) in [5.41, 5.74) is 2.51. The number of piperazine rings is 2. The summed E-state index contributed by atoms with van der Waals surface area (Å²) >= 11 is 0. The van der Waals surface area contributed by atoms with Crippen LogP contribution in [0.15, 0.2) is 47.7 Å². The van der Waals surface area contributed by atoms with E-state index in [9.17, 15) is 19.5 Å². The van der Waals surface area contributed by atoms with Crippen LogP contribution in [0.5, 0.6) is 0 Å². The van der Waals surface area contributed by atoms with Crippen molar-refractivity contribution in [3.8, 4) is 0 Å². The summed E-state index contributed by atoms with van der Waals surface area (Å²) in [6, 6.07) is 7.70. The van der Waals surface area contributed by atoms with Gasteiger partial charge in [0.2, 0.25) is 5.95 Å². The van der Waals surface area contributed by atoms with Gasteiger partial charge in [-0.3, -0.25) is 9.36 Å². The first-order valence-corrected chi connectivity index (χ1v) is 20.0. The van der Waals surface area contributed by atoms with Crippen LogP contribution in [-0.4, -0.2) is 115 Å². The van der Waals surface area contributed by atoms with Gasteiger partial charge in [-0.1, -0.05) is 12.8 Å². The molecule has 0 atom stereocenters. The van der Waals surface area contributed by atoms with Crippen molar-refractivity contribution in [2.24, 2.45) is 0 Å². The number of carbonyl (C=O) groups excluding carboxylic acids is 1. The number of rotatable bonds is 7. The van der Waals surface area contributed by atoms with Crippen LogP contribution in [-0.2, 0) is 4.74 Å². The fourth-order valence-corrected chi connectivity index (χ4v) is 8.27. The van der Waals surface area contributed by atoms with Gasteiger partial charge in [-0.15, -0.1) is 0 Å². The first-order valence-electron chi connectivity index (χ1n) is 20.0. The summed E-state index contributed by atoms with van der Waals surface area (Å²) in [4.78, 5) is 64.1. The third-order valence-corrected chi connectivity index (χ3v) is 11.7. The molecule has 0 aromatic carbocycles. The van der Waals surface area contributed by atoms with E-state index in [2.05, 4.69) is 35.4 Å². The molecule has 3 aliphatic rings. The molecule has 7 rings (SSSR count). The van der Waals surface area contributed by atoms with E-state index in [0.29, 0.717) is 81.3 Å². The smallest absolute Gasteiger partial charge is 0.444 e. The summed E-state index contributed by atoms with van der Waals surface area (Å²) in [5.74, 6) is 1.46. The fourth-order valence-electron chi connectivity index (χ4n) is 8.27. The Bertz CT molecular complexity index is 2160. The van der Waals surface area contributed by atoms with Crippen LogP contribution < -0.4 is 26.0 Å². The Morgan fingerprint density at radius 2 is 1.39 bits per heavy atom. The molecule has 2 saturated heterocycles. The minimum atomic E-state index is -0.792. The maximum Gasteiger partial charge on any atom is 0.514 e. The third-order valence-electron chi connectivity index (χ3n) is 11.7. The molecule has 57 heavy (non-hydrogen) atoms. The van der Waals surface area contributed by atoms with Crippen molar-refractivity contribution in [2.75, 3.05) is 72.8 Å². The van der Waals surface area contributed by atoms with Crippen molar-refractivity contribution >= 4 is 57.9 Å². The van der Waals surface area contributed by atoms with Gasteiger partial charge in [0.05, 0.1) is 36.9 Å². The normalized spacial score (nSPS) is 17.8. The van der Waals surface area contributed by atoms with Gasteiger partial charge in [0.25, 0.3) is 5.56 Å². The lowest BCUT2D eigenvalue weighted by atomic mass is 10.00. The summed E-state index contributed by atoms with van der Waals surface area (Å²) in [6.07, 6.45) is 8.11. The molecule has 0 radical (unpaired) electrons. The molecule has 1 saturated carbocycles. The molecular formula is C41H56N11O5+. The van der Waals surface area contributed by atoms with Gasteiger partial charge >= 0.3 is 12.2 Å². The predicted octanol–water partition coefficient (Wildman–Crippen LogP) is 6.66. The van der Waals surface area contributed by atoms with Gasteiger partial charge < -0.3 is 35.2 Å². The monoisotopic (exact) mass is 782 g/mol. The first-order chi connectivity index (χ1) is 27.0. The number of pyridine rings is 3. The van der Waals surface area contributed by atoms with E-state index in [1.165, 1.54) is 0 Å². The standard InChI is InChI=1S/C41H55N11O5/c1-27-31-26-44-37(46-33-15-13-29(24-43-33)48-16-18-50(19-17-48)38(54)57-41(5,6)7)47-35(31)51(28-10-8-9-11-28)36(53)34(27)45-32-14-12-30(25-42-32)49-20-22-52(23-21-49,39(55)56)40(2,3)4/h12-15,24-26,28H,8-11,16-23H2,1-7H3,(H2-,42,43,44,45,46,47,53,55,56)/p+1. The minimum Gasteiger partial charge on any atom is -0.444 e. The predicted molar refractivity (Wildman–Crippen MR) is 221 cm³/mol. The second-order valence-electron chi connectivity index (χ2n) is 17.4. The topological polar surface area (TPSA) is 171 Å². The average Bonchev–Trinajstić information content (AvgIpc) is 3.71. The van der Waals surface area contributed by atoms with Crippen LogP contribution in [0, 0.1) is 6.92 Å². The van der Waals surface area contributed by atoms with E-state index in [1.807, 2.05) is 77.3 Å². The molecule has 2 aliphatic heterocycles. The lowest BCUT2D eigenvalue weighted by Crippen LogP contribution is -2.69. The third kappa shape index (κ3) is 8.18. The number of aryl methyl sites for hydroxylation is 1. The van der Waals surface area contributed by atoms with E-state index < -0.39 is 17.2 Å². The molecule has 304 valence electrons. The summed E-state index contributed by atoms with van der Waals surface area (Å²) in [5, 5.41) is 17.4. The van der Waals surface area contributed by atoms with Gasteiger partial charge in [-0.25, -0.2) is 24.2 Å². The molecule has 6 heterocycles. The van der Waals surface area contributed by atoms with E-state index in [1.54, 1.807) is 23.5 Å². The number of hydrogen-bond donors (Lipinski definition) is 3. The second-order valence-corrected chi connectivity index (χ2v) is 17.4. The number of hydrogen-bond acceptors (Lipinski definition) is 12. The maximum absolute atomic E-state index is 14.4. The Kier molecular flexibility index (Phi) is 10.8. The quantitative estimate of drug-likeness (QED) is 0.170. The molecule has 16 heteroatoms. The van der Waals surface area contributed by atoms with Gasteiger partial charge in [0.15, 0.2) is 0 Å². The average molecular weight is 783 g/mol. The second kappa shape index (κ2) is 15.4. The summed E-state index contributed by atoms with van der Waals surface area (Å²) in [6.45, 7) is 18.1. The van der Waals surface area contributed by atoms with Crippen molar-refractivity contribution in [1.82, 2.24) is 29.4 Å². The molecule has 16 nitrogen and oxygen atoms in total. The molecule has 4 aromatic rings. The highest BCUT2D eigenvalue weighted by Crippen LogP contribution is 2.34. The Hall–Kier alpha value is -5.51. The minimum absolute atomic E-state index is 0.0101. The summed E-state index contributed by atoms with van der Waals surface area (Å²) in [7, 11) is 0. The largest absolute Gasteiger partial charge is 0.514 e. The Morgan fingerprint density at radius 1 is 0.807 bits per heavy atom. The zero-order chi connectivity index (χ0) is 40.7. The van der Waals surface area contributed by atoms with Gasteiger partial charge in [-0.2, -0.15) is 9.78 Å². The molecule has 0 spiro atoms. The number of nitrogens with zero attached hydrogens (tertiary/aromatic N) is 9. The number of anilines is 6. The van der Waals surface area contributed by atoms with Gasteiger partial charge in [0, 0.05) is 43.8 Å². The van der Waals surface area contributed by atoms with Crippen molar-refractivity contribution in [3.05, 3.63) is 58.8 Å². The molecule has 3 N–H and O–H groups in total. The fraction of sp³-hybridized carbons (Fsp3) is 0.537. The van der Waals surface area contributed by atoms with Crippen molar-refractivity contribution in [1.29, 1.82) is 0 Å². The maximum atomic E-state index is 14.4. The zero-order valence-corrected chi connectivity index (χ0v) is 34.2. The molecule has 4 aromatic heterocycles. The number of ether oxygens (including phenoxy) is 1. The Morgan fingerprint density at radius 3 is 1.91 bits per heavy atom. The van der Waals surface area contributed by atoms with Crippen LogP contribution in [0.3, 0.4) is 0 Å². The van der Waals surface area contributed by atoms with Crippen LogP contribution in [0.2, 0.25) is 0 Å². The number of aromatic nitrogens is 5. The molecular weight excluding hydrogens is 727 g/mol. The molecule has 1 aliphatic carbocycles. The van der Waals surface area contributed by atoms with Crippen molar-refractivity contribution < 1.29 is 23.9 Å². The van der Waals surface area contributed by atoms with Crippen LogP contribution in [0.25, 0.3) is 11.0 Å².